The summed E-state index contributed by atoms with van der Waals surface area (Å²) in [5.74, 6) is -0.0128. The summed E-state index contributed by atoms with van der Waals surface area (Å²) in [4.78, 5) is 16.6. The molecule has 220 valence electrons. The highest BCUT2D eigenvalue weighted by Gasteiger charge is 2.36. The molecule has 5 rings (SSSR count). The molecule has 1 saturated heterocycles. The van der Waals surface area contributed by atoms with Crippen LogP contribution in [0.4, 0.5) is 35.0 Å². The first kappa shape index (κ1) is 28.9. The summed E-state index contributed by atoms with van der Waals surface area (Å²) < 4.78 is 47.2. The maximum Gasteiger partial charge on any atom is 0.418 e. The average Bonchev–Trinajstić information content (AvgIpc) is 3.38. The van der Waals surface area contributed by atoms with Crippen molar-refractivity contribution in [1.29, 1.82) is 5.41 Å². The zero-order valence-corrected chi connectivity index (χ0v) is 23.5. The monoisotopic (exact) mass is 579 g/mol. The SMILES string of the molecule is CCOC(=N)c1n[nH]c2cc(-c3cc(NC(=O)Nc4ccc(N5CCN(C)CC5)c(C(F)(F)F)c4)ccc3C)ccc12. The van der Waals surface area contributed by atoms with Gasteiger partial charge in [0, 0.05) is 48.6 Å². The van der Waals surface area contributed by atoms with Crippen LogP contribution in [0, 0.1) is 12.3 Å². The number of aromatic nitrogens is 2. The quantitative estimate of drug-likeness (QED) is 0.158. The van der Waals surface area contributed by atoms with Crippen LogP contribution in [0.5, 0.6) is 0 Å². The summed E-state index contributed by atoms with van der Waals surface area (Å²) in [6, 6.07) is 14.3. The molecule has 2 amide bonds. The lowest BCUT2D eigenvalue weighted by atomic mass is 9.98. The van der Waals surface area contributed by atoms with Crippen LogP contribution in [-0.4, -0.2) is 66.9 Å². The Morgan fingerprint density at radius 3 is 2.40 bits per heavy atom. The van der Waals surface area contributed by atoms with Gasteiger partial charge >= 0.3 is 12.2 Å². The molecule has 3 aromatic carbocycles. The van der Waals surface area contributed by atoms with Crippen LogP contribution in [0.25, 0.3) is 22.0 Å². The van der Waals surface area contributed by atoms with Gasteiger partial charge in [-0.2, -0.15) is 18.3 Å². The fraction of sp³-hybridized carbons (Fsp3) is 0.300. The molecule has 2 heterocycles. The van der Waals surface area contributed by atoms with Crippen molar-refractivity contribution in [3.05, 3.63) is 71.4 Å². The first-order valence-electron chi connectivity index (χ1n) is 13.6. The number of alkyl halides is 3. The van der Waals surface area contributed by atoms with Crippen LogP contribution < -0.4 is 15.5 Å². The van der Waals surface area contributed by atoms with Crippen molar-refractivity contribution in [3.8, 4) is 11.1 Å². The minimum atomic E-state index is -4.57. The van der Waals surface area contributed by atoms with Crippen molar-refractivity contribution in [2.24, 2.45) is 0 Å². The smallest absolute Gasteiger partial charge is 0.418 e. The standard InChI is InChI=1S/C30H32F3N7O2/c1-4-42-28(34)27-22-9-6-19(15-25(22)37-38-27)23-16-20(7-5-18(23)2)35-29(41)36-21-8-10-26(24(17-21)30(31,32)33)40-13-11-39(3)12-14-40/h5-10,15-17,34H,4,11-14H2,1-3H3,(H,37,38)(H2,35,36,41). The highest BCUT2D eigenvalue weighted by Crippen LogP contribution is 2.39. The lowest BCUT2D eigenvalue weighted by Crippen LogP contribution is -2.45. The zero-order valence-electron chi connectivity index (χ0n) is 23.5. The summed E-state index contributed by atoms with van der Waals surface area (Å²) in [6.07, 6.45) is -4.57. The maximum absolute atomic E-state index is 14.0. The van der Waals surface area contributed by atoms with Gasteiger partial charge in [-0.1, -0.05) is 12.1 Å². The lowest BCUT2D eigenvalue weighted by Gasteiger charge is -2.35. The minimum Gasteiger partial charge on any atom is -0.477 e. The minimum absolute atomic E-state index is 0.0128. The van der Waals surface area contributed by atoms with Gasteiger partial charge in [0.05, 0.1) is 17.7 Å². The normalized spacial score (nSPS) is 14.2. The number of carbonyl (C=O) groups excluding carboxylic acids is 1. The van der Waals surface area contributed by atoms with E-state index in [-0.39, 0.29) is 17.3 Å². The summed E-state index contributed by atoms with van der Waals surface area (Å²) in [7, 11) is 1.94. The van der Waals surface area contributed by atoms with Crippen LogP contribution in [0.2, 0.25) is 0 Å². The third-order valence-electron chi connectivity index (χ3n) is 7.28. The number of rotatable bonds is 6. The third-order valence-corrected chi connectivity index (χ3v) is 7.28. The highest BCUT2D eigenvalue weighted by atomic mass is 19.4. The van der Waals surface area contributed by atoms with Crippen molar-refractivity contribution in [3.63, 3.8) is 0 Å². The Hall–Kier alpha value is -4.58. The van der Waals surface area contributed by atoms with Crippen LogP contribution in [0.1, 0.15) is 23.7 Å². The number of nitrogens with zero attached hydrogens (tertiary/aromatic N) is 3. The number of amides is 2. The number of halogens is 3. The van der Waals surface area contributed by atoms with Crippen LogP contribution in [-0.2, 0) is 10.9 Å². The Morgan fingerprint density at radius 2 is 1.71 bits per heavy atom. The second kappa shape index (κ2) is 11.7. The van der Waals surface area contributed by atoms with E-state index in [4.69, 9.17) is 10.1 Å². The van der Waals surface area contributed by atoms with E-state index in [9.17, 15) is 18.0 Å². The first-order valence-corrected chi connectivity index (χ1v) is 13.6. The summed E-state index contributed by atoms with van der Waals surface area (Å²) in [5.41, 5.74) is 3.66. The number of urea groups is 1. The van der Waals surface area contributed by atoms with E-state index in [0.29, 0.717) is 44.2 Å². The van der Waals surface area contributed by atoms with Gasteiger partial charge in [0.2, 0.25) is 5.90 Å². The molecule has 0 radical (unpaired) electrons. The van der Waals surface area contributed by atoms with E-state index in [2.05, 4.69) is 25.7 Å². The van der Waals surface area contributed by atoms with Gasteiger partial charge in [0.1, 0.15) is 0 Å². The molecule has 1 fully saturated rings. The largest absolute Gasteiger partial charge is 0.477 e. The molecule has 9 nitrogen and oxygen atoms in total. The second-order valence-electron chi connectivity index (χ2n) is 10.2. The van der Waals surface area contributed by atoms with Gasteiger partial charge in [-0.15, -0.1) is 0 Å². The molecule has 0 atom stereocenters. The number of aromatic amines is 1. The molecule has 42 heavy (non-hydrogen) atoms. The molecule has 0 bridgehead atoms. The van der Waals surface area contributed by atoms with Crippen LogP contribution >= 0.6 is 0 Å². The van der Waals surface area contributed by atoms with Crippen LogP contribution in [0.15, 0.2) is 54.6 Å². The van der Waals surface area contributed by atoms with E-state index in [0.717, 1.165) is 33.7 Å². The topological polar surface area (TPSA) is 109 Å². The number of nitrogens with one attached hydrogen (secondary N) is 4. The number of hydrogen-bond acceptors (Lipinski definition) is 6. The summed E-state index contributed by atoms with van der Waals surface area (Å²) in [6.45, 7) is 6.44. The second-order valence-corrected chi connectivity index (χ2v) is 10.2. The number of ether oxygens (including phenoxy) is 1. The lowest BCUT2D eigenvalue weighted by molar-refractivity contribution is -0.137. The number of H-pyrrole nitrogens is 1. The number of aryl methyl sites for hydroxylation is 1. The molecular formula is C30H32F3N7O2. The van der Waals surface area contributed by atoms with Crippen molar-refractivity contribution in [2.45, 2.75) is 20.0 Å². The van der Waals surface area contributed by atoms with Gasteiger partial charge in [0.15, 0.2) is 5.69 Å². The van der Waals surface area contributed by atoms with Gasteiger partial charge < -0.3 is 25.2 Å². The Balaban J connectivity index is 1.33. The summed E-state index contributed by atoms with van der Waals surface area (Å²) in [5, 5.41) is 21.2. The van der Waals surface area contributed by atoms with Crippen molar-refractivity contribution >= 4 is 39.9 Å². The zero-order chi connectivity index (χ0) is 30.0. The van der Waals surface area contributed by atoms with E-state index in [1.54, 1.807) is 24.0 Å². The molecule has 4 N–H and O–H groups in total. The third kappa shape index (κ3) is 6.18. The molecule has 0 saturated carbocycles. The van der Waals surface area contributed by atoms with Crippen molar-refractivity contribution in [2.75, 3.05) is 55.4 Å². The molecule has 1 aromatic heterocycles. The number of likely N-dealkylation sites (N-methyl/N-ethyl adjacent to an activating group) is 1. The van der Waals surface area contributed by atoms with Gasteiger partial charge in [0.25, 0.3) is 0 Å². The molecule has 0 spiro atoms. The van der Waals surface area contributed by atoms with E-state index < -0.39 is 17.8 Å². The molecule has 0 unspecified atom stereocenters. The first-order chi connectivity index (χ1) is 20.0. The predicted molar refractivity (Wildman–Crippen MR) is 159 cm³/mol. The van der Waals surface area contributed by atoms with Crippen LogP contribution in [0.3, 0.4) is 0 Å². The Bertz CT molecular complexity index is 1630. The Kier molecular flexibility index (Phi) is 8.08. The molecule has 1 aliphatic heterocycles. The fourth-order valence-electron chi connectivity index (χ4n) is 5.04. The fourth-order valence-corrected chi connectivity index (χ4v) is 5.04. The Morgan fingerprint density at radius 1 is 1.02 bits per heavy atom. The number of fused-ring (bicyclic) bond motifs is 1. The number of carbonyl (C=O) groups is 1. The highest BCUT2D eigenvalue weighted by molar-refractivity contribution is 6.04. The summed E-state index contributed by atoms with van der Waals surface area (Å²) >= 11 is 0. The number of benzene rings is 3. The Labute approximate surface area is 241 Å². The average molecular weight is 580 g/mol. The molecular weight excluding hydrogens is 547 g/mol. The van der Waals surface area contributed by atoms with Crippen molar-refractivity contribution < 1.29 is 22.7 Å². The van der Waals surface area contributed by atoms with E-state index in [1.165, 1.54) is 12.1 Å². The number of anilines is 3. The van der Waals surface area contributed by atoms with Gasteiger partial charge in [-0.25, -0.2) is 4.79 Å². The molecule has 0 aliphatic carbocycles. The number of hydrogen-bond donors (Lipinski definition) is 4. The maximum atomic E-state index is 14.0. The molecule has 1 aliphatic rings. The van der Waals surface area contributed by atoms with Crippen molar-refractivity contribution in [1.82, 2.24) is 15.1 Å². The molecule has 12 heteroatoms. The number of piperazine rings is 1. The van der Waals surface area contributed by atoms with E-state index >= 15 is 0 Å². The van der Waals surface area contributed by atoms with Gasteiger partial charge in [-0.3, -0.25) is 10.5 Å². The van der Waals surface area contributed by atoms with E-state index in [1.807, 2.05) is 38.2 Å². The van der Waals surface area contributed by atoms with Gasteiger partial charge in [-0.05, 0) is 80.1 Å². The predicted octanol–water partition coefficient (Wildman–Crippen LogP) is 6.31. The molecule has 4 aromatic rings.